The highest BCUT2D eigenvalue weighted by molar-refractivity contribution is 5.84. The van der Waals surface area contributed by atoms with E-state index in [9.17, 15) is 22.4 Å². The number of alkyl halides is 3. The standard InChI is InChI=1S/C14H16F4N2O/c1-9(10-2-4-11(15)5-3-10)20-12(21)13(14(16,17)18)6-7-19-8-13/h2-5,9,19H,6-8H2,1H3,(H,20,21). The number of hydrogen-bond acceptors (Lipinski definition) is 2. The zero-order valence-corrected chi connectivity index (χ0v) is 11.4. The number of amides is 1. The molecule has 0 aromatic heterocycles. The molecule has 1 heterocycles. The minimum Gasteiger partial charge on any atom is -0.349 e. The maximum atomic E-state index is 13.2. The Morgan fingerprint density at radius 2 is 1.95 bits per heavy atom. The summed E-state index contributed by atoms with van der Waals surface area (Å²) in [4.78, 5) is 12.1. The third-order valence-corrected chi connectivity index (χ3v) is 3.85. The van der Waals surface area contributed by atoms with Gasteiger partial charge in [0.05, 0.1) is 6.04 Å². The van der Waals surface area contributed by atoms with Gasteiger partial charge in [-0.1, -0.05) is 12.1 Å². The Morgan fingerprint density at radius 3 is 2.43 bits per heavy atom. The summed E-state index contributed by atoms with van der Waals surface area (Å²) in [5, 5.41) is 4.97. The van der Waals surface area contributed by atoms with Gasteiger partial charge in [-0.15, -0.1) is 0 Å². The van der Waals surface area contributed by atoms with Crippen molar-refractivity contribution in [3.63, 3.8) is 0 Å². The average Bonchev–Trinajstić information content (AvgIpc) is 2.89. The molecule has 0 saturated carbocycles. The van der Waals surface area contributed by atoms with Crippen LogP contribution >= 0.6 is 0 Å². The third kappa shape index (κ3) is 3.02. The Bertz CT molecular complexity index is 507. The molecule has 1 aromatic rings. The van der Waals surface area contributed by atoms with Gasteiger partial charge in [0.25, 0.3) is 0 Å². The molecule has 1 saturated heterocycles. The van der Waals surface area contributed by atoms with Crippen molar-refractivity contribution in [2.45, 2.75) is 25.6 Å². The monoisotopic (exact) mass is 304 g/mol. The minimum absolute atomic E-state index is 0.151. The van der Waals surface area contributed by atoms with Gasteiger partial charge in [0.1, 0.15) is 5.82 Å². The Balaban J connectivity index is 2.14. The fourth-order valence-corrected chi connectivity index (χ4v) is 2.43. The third-order valence-electron chi connectivity index (χ3n) is 3.85. The zero-order chi connectivity index (χ0) is 15.7. The predicted molar refractivity (Wildman–Crippen MR) is 68.9 cm³/mol. The summed E-state index contributed by atoms with van der Waals surface area (Å²) in [6.45, 7) is 1.30. The lowest BCUT2D eigenvalue weighted by molar-refractivity contribution is -0.216. The molecule has 0 bridgehead atoms. The normalized spacial score (nSPS) is 23.9. The fraction of sp³-hybridized carbons (Fsp3) is 0.500. The Hall–Kier alpha value is -1.63. The fourth-order valence-electron chi connectivity index (χ4n) is 2.43. The second-order valence-corrected chi connectivity index (χ2v) is 5.25. The number of benzene rings is 1. The van der Waals surface area contributed by atoms with Crippen LogP contribution in [0.1, 0.15) is 24.9 Å². The second kappa shape index (κ2) is 5.63. The second-order valence-electron chi connectivity index (χ2n) is 5.25. The van der Waals surface area contributed by atoms with E-state index >= 15 is 0 Å². The molecule has 1 aromatic carbocycles. The van der Waals surface area contributed by atoms with Gasteiger partial charge in [0, 0.05) is 6.54 Å². The quantitative estimate of drug-likeness (QED) is 0.843. The summed E-state index contributed by atoms with van der Waals surface area (Å²) < 4.78 is 52.5. The van der Waals surface area contributed by atoms with E-state index in [1.54, 1.807) is 6.92 Å². The Morgan fingerprint density at radius 1 is 1.33 bits per heavy atom. The lowest BCUT2D eigenvalue weighted by Crippen LogP contribution is -2.52. The van der Waals surface area contributed by atoms with Crippen LogP contribution in [0.5, 0.6) is 0 Å². The number of halogens is 4. The van der Waals surface area contributed by atoms with Crippen LogP contribution in [-0.2, 0) is 4.79 Å². The van der Waals surface area contributed by atoms with E-state index in [0.717, 1.165) is 0 Å². The molecule has 1 fully saturated rings. The molecule has 2 atom stereocenters. The van der Waals surface area contributed by atoms with Crippen LogP contribution in [0.2, 0.25) is 0 Å². The van der Waals surface area contributed by atoms with E-state index in [1.165, 1.54) is 24.3 Å². The molecule has 0 aliphatic carbocycles. The predicted octanol–water partition coefficient (Wildman–Crippen LogP) is 2.54. The molecule has 116 valence electrons. The van der Waals surface area contributed by atoms with Crippen molar-refractivity contribution in [2.75, 3.05) is 13.1 Å². The molecule has 2 unspecified atom stereocenters. The zero-order valence-electron chi connectivity index (χ0n) is 11.4. The van der Waals surface area contributed by atoms with Crippen molar-refractivity contribution < 1.29 is 22.4 Å². The molecule has 3 nitrogen and oxygen atoms in total. The molecule has 2 N–H and O–H groups in total. The Labute approximate surface area is 119 Å². The van der Waals surface area contributed by atoms with Crippen LogP contribution in [0, 0.1) is 11.2 Å². The topological polar surface area (TPSA) is 41.1 Å². The molecule has 0 spiro atoms. The molecular weight excluding hydrogens is 288 g/mol. The van der Waals surface area contributed by atoms with Gasteiger partial charge in [-0.2, -0.15) is 13.2 Å². The molecule has 1 amide bonds. The molecule has 7 heteroatoms. The van der Waals surface area contributed by atoms with E-state index in [2.05, 4.69) is 10.6 Å². The highest BCUT2D eigenvalue weighted by Crippen LogP contribution is 2.43. The van der Waals surface area contributed by atoms with Crippen molar-refractivity contribution in [1.82, 2.24) is 10.6 Å². The minimum atomic E-state index is -4.61. The highest BCUT2D eigenvalue weighted by Gasteiger charge is 2.61. The first-order chi connectivity index (χ1) is 9.76. The first-order valence-electron chi connectivity index (χ1n) is 6.60. The largest absolute Gasteiger partial charge is 0.404 e. The molecular formula is C14H16F4N2O. The number of carbonyl (C=O) groups is 1. The summed E-state index contributed by atoms with van der Waals surface area (Å²) >= 11 is 0. The van der Waals surface area contributed by atoms with Crippen molar-refractivity contribution in [2.24, 2.45) is 5.41 Å². The number of rotatable bonds is 3. The van der Waals surface area contributed by atoms with E-state index in [-0.39, 0.29) is 13.0 Å². The average molecular weight is 304 g/mol. The highest BCUT2D eigenvalue weighted by atomic mass is 19.4. The van der Waals surface area contributed by atoms with Crippen molar-refractivity contribution in [3.8, 4) is 0 Å². The van der Waals surface area contributed by atoms with Crippen molar-refractivity contribution in [1.29, 1.82) is 0 Å². The molecule has 2 rings (SSSR count). The van der Waals surface area contributed by atoms with E-state index in [4.69, 9.17) is 0 Å². The maximum Gasteiger partial charge on any atom is 0.404 e. The lowest BCUT2D eigenvalue weighted by atomic mass is 9.84. The van der Waals surface area contributed by atoms with E-state index in [1.807, 2.05) is 0 Å². The summed E-state index contributed by atoms with van der Waals surface area (Å²) in [7, 11) is 0. The lowest BCUT2D eigenvalue weighted by Gasteiger charge is -2.30. The molecule has 1 aliphatic heterocycles. The van der Waals surface area contributed by atoms with Gasteiger partial charge in [-0.25, -0.2) is 4.39 Å². The van der Waals surface area contributed by atoms with E-state index in [0.29, 0.717) is 5.56 Å². The van der Waals surface area contributed by atoms with Crippen molar-refractivity contribution in [3.05, 3.63) is 35.6 Å². The summed E-state index contributed by atoms with van der Waals surface area (Å²) in [5.41, 5.74) is -1.84. The van der Waals surface area contributed by atoms with Gasteiger partial charge >= 0.3 is 6.18 Å². The number of hydrogen-bond donors (Lipinski definition) is 2. The van der Waals surface area contributed by atoms with Crippen LogP contribution in [0.3, 0.4) is 0 Å². The maximum absolute atomic E-state index is 13.2. The smallest absolute Gasteiger partial charge is 0.349 e. The number of carbonyl (C=O) groups excluding carboxylic acids is 1. The van der Waals surface area contributed by atoms with Gasteiger partial charge in [-0.05, 0) is 37.6 Å². The van der Waals surface area contributed by atoms with Crippen molar-refractivity contribution >= 4 is 5.91 Å². The van der Waals surface area contributed by atoms with Crippen LogP contribution in [-0.4, -0.2) is 25.2 Å². The summed E-state index contributed by atoms with van der Waals surface area (Å²) in [5.74, 6) is -1.49. The van der Waals surface area contributed by atoms with Crippen LogP contribution in [0.15, 0.2) is 24.3 Å². The van der Waals surface area contributed by atoms with Gasteiger partial charge in [0.15, 0.2) is 5.41 Å². The SMILES string of the molecule is CC(NC(=O)C1(C(F)(F)F)CCNC1)c1ccc(F)cc1. The molecule has 21 heavy (non-hydrogen) atoms. The van der Waals surface area contributed by atoms with E-state index < -0.39 is 35.9 Å². The van der Waals surface area contributed by atoms with Gasteiger partial charge < -0.3 is 10.6 Å². The molecule has 1 aliphatic rings. The number of nitrogens with one attached hydrogen (secondary N) is 2. The first-order valence-corrected chi connectivity index (χ1v) is 6.60. The van der Waals surface area contributed by atoms with Gasteiger partial charge in [0.2, 0.25) is 5.91 Å². The summed E-state index contributed by atoms with van der Waals surface area (Å²) in [6.07, 6.45) is -4.89. The van der Waals surface area contributed by atoms with Crippen LogP contribution in [0.4, 0.5) is 17.6 Å². The first kappa shape index (κ1) is 15.8. The van der Waals surface area contributed by atoms with Gasteiger partial charge in [-0.3, -0.25) is 4.79 Å². The molecule has 0 radical (unpaired) electrons. The van der Waals surface area contributed by atoms with Crippen LogP contribution < -0.4 is 10.6 Å². The van der Waals surface area contributed by atoms with Crippen LogP contribution in [0.25, 0.3) is 0 Å². The Kier molecular flexibility index (Phi) is 4.22. The summed E-state index contributed by atoms with van der Waals surface area (Å²) in [6, 6.07) is 4.65.